The summed E-state index contributed by atoms with van der Waals surface area (Å²) in [4.78, 5) is 43.8. The van der Waals surface area contributed by atoms with E-state index in [2.05, 4.69) is 32.9 Å². The smallest absolute Gasteiger partial charge is 0.340 e. The fraction of sp³-hybridized carbons (Fsp3) is 0.946. The lowest BCUT2D eigenvalue weighted by molar-refractivity contribution is -0.571. The summed E-state index contributed by atoms with van der Waals surface area (Å²) in [6.45, 7) is 18.5. The molecular weight excluding hydrogens is 618 g/mol. The van der Waals surface area contributed by atoms with E-state index in [-0.39, 0.29) is 41.6 Å². The highest BCUT2D eigenvalue weighted by Gasteiger charge is 2.71. The van der Waals surface area contributed by atoms with E-state index in [0.29, 0.717) is 24.0 Å². The molecule has 2 saturated carbocycles. The molecule has 8 saturated heterocycles. The van der Waals surface area contributed by atoms with Crippen LogP contribution in [-0.4, -0.2) is 59.2 Å². The highest BCUT2D eigenvalue weighted by Crippen LogP contribution is 2.63. The third-order valence-electron chi connectivity index (χ3n) is 14.0. The molecule has 0 amide bonds. The molecule has 10 aliphatic rings. The number of ether oxygens (including phenoxy) is 4. The summed E-state index contributed by atoms with van der Waals surface area (Å²) in [5.74, 6) is -0.327. The van der Waals surface area contributed by atoms with Gasteiger partial charge in [0.05, 0.1) is 17.2 Å². The summed E-state index contributed by atoms with van der Waals surface area (Å²) < 4.78 is 27.4. The Morgan fingerprint density at radius 2 is 1.23 bits per heavy atom. The van der Waals surface area contributed by atoms with E-state index in [1.165, 1.54) is 0 Å². The molecule has 0 N–H and O–H groups in total. The standard InChI is InChI=1S/C37H57NO10/c1-19-10-12-25-21(3)28(40-31-36(25)23(19)14-16-34(8,42-31)45-47-36)18-27(38-44-30(39)33(5,6)7)29-22(4)26-13-11-20(2)24-15-17-35(9)43-32(41-29)37(24,26)48-46-35/h19-26,28-29,31-32H,10-18H2,1-9H3/b38-27-/t19-,20-,21-,22-,23+,24+,25+,26+,28-,29+,31-,32-,34+,35+,36?,37?/m1/s1. The number of carbonyl (C=O) groups excluding carboxylic acids is 1. The number of hydrogen-bond acceptors (Lipinski definition) is 11. The van der Waals surface area contributed by atoms with Crippen LogP contribution in [0.25, 0.3) is 0 Å². The first-order valence-electron chi connectivity index (χ1n) is 18.8. The van der Waals surface area contributed by atoms with E-state index in [4.69, 9.17) is 43.3 Å². The molecule has 0 radical (unpaired) electrons. The quantitative estimate of drug-likeness (QED) is 0.136. The van der Waals surface area contributed by atoms with Gasteiger partial charge in [0.2, 0.25) is 11.6 Å². The maximum absolute atomic E-state index is 13.1. The Morgan fingerprint density at radius 3 is 1.77 bits per heavy atom. The van der Waals surface area contributed by atoms with Gasteiger partial charge >= 0.3 is 5.97 Å². The minimum absolute atomic E-state index is 0.0102. The molecular formula is C37H57NO10. The van der Waals surface area contributed by atoms with Gasteiger partial charge < -0.3 is 23.8 Å². The first-order chi connectivity index (χ1) is 22.6. The lowest BCUT2D eigenvalue weighted by Crippen LogP contribution is -2.71. The van der Waals surface area contributed by atoms with Crippen LogP contribution in [0.1, 0.15) is 120 Å². The van der Waals surface area contributed by atoms with E-state index in [1.54, 1.807) is 0 Å². The Bertz CT molecular complexity index is 1320. The third kappa shape index (κ3) is 4.95. The van der Waals surface area contributed by atoms with Crippen molar-refractivity contribution in [2.24, 2.45) is 57.9 Å². The van der Waals surface area contributed by atoms with Crippen molar-refractivity contribution in [3.63, 3.8) is 0 Å². The summed E-state index contributed by atoms with van der Waals surface area (Å²) in [6.07, 6.45) is 6.05. The monoisotopic (exact) mass is 675 g/mol. The van der Waals surface area contributed by atoms with Crippen LogP contribution in [0.4, 0.5) is 0 Å². The van der Waals surface area contributed by atoms with E-state index >= 15 is 0 Å². The van der Waals surface area contributed by atoms with Gasteiger partial charge in [-0.1, -0.05) is 32.9 Å². The molecule has 2 spiro atoms. The van der Waals surface area contributed by atoms with Gasteiger partial charge in [0, 0.05) is 31.1 Å². The Balaban J connectivity index is 1.14. The first kappa shape index (κ1) is 33.9. The summed E-state index contributed by atoms with van der Waals surface area (Å²) in [7, 11) is 0. The second-order valence-corrected chi connectivity index (χ2v) is 18.2. The van der Waals surface area contributed by atoms with Gasteiger partial charge in [0.1, 0.15) is 6.10 Å². The Hall–Kier alpha value is -1.18. The van der Waals surface area contributed by atoms with Crippen molar-refractivity contribution in [2.75, 3.05) is 0 Å². The number of oxime groups is 1. The zero-order valence-corrected chi connectivity index (χ0v) is 30.3. The summed E-state index contributed by atoms with van der Waals surface area (Å²) in [5, 5.41) is 4.66. The predicted octanol–water partition coefficient (Wildman–Crippen LogP) is 6.82. The molecule has 48 heavy (non-hydrogen) atoms. The maximum atomic E-state index is 13.1. The van der Waals surface area contributed by atoms with Crippen LogP contribution < -0.4 is 0 Å². The average Bonchev–Trinajstić information content (AvgIpc) is 3.40. The average molecular weight is 676 g/mol. The van der Waals surface area contributed by atoms with Crippen LogP contribution in [0.15, 0.2) is 5.16 Å². The minimum atomic E-state index is -0.892. The zero-order chi connectivity index (χ0) is 34.0. The Kier molecular flexibility index (Phi) is 8.07. The molecule has 11 heteroatoms. The van der Waals surface area contributed by atoms with Crippen molar-refractivity contribution in [3.8, 4) is 0 Å². The Morgan fingerprint density at radius 1 is 0.708 bits per heavy atom. The van der Waals surface area contributed by atoms with Crippen LogP contribution in [0.5, 0.6) is 0 Å². The number of fused-ring (bicyclic) bond motifs is 4. The van der Waals surface area contributed by atoms with Crippen molar-refractivity contribution < 1.29 is 48.1 Å². The minimum Gasteiger partial charge on any atom is -0.345 e. The van der Waals surface area contributed by atoms with E-state index in [9.17, 15) is 4.79 Å². The normalized spacial score (nSPS) is 54.5. The first-order valence-corrected chi connectivity index (χ1v) is 18.8. The molecule has 0 aromatic carbocycles. The Labute approximate surface area is 285 Å². The van der Waals surface area contributed by atoms with Crippen LogP contribution in [0.2, 0.25) is 0 Å². The second kappa shape index (κ2) is 11.4. The molecule has 10 fully saturated rings. The summed E-state index contributed by atoms with van der Waals surface area (Å²) >= 11 is 0. The van der Waals surface area contributed by atoms with Crippen molar-refractivity contribution in [1.82, 2.24) is 0 Å². The van der Waals surface area contributed by atoms with E-state index in [0.717, 1.165) is 51.4 Å². The van der Waals surface area contributed by atoms with Gasteiger partial charge in [0.25, 0.3) is 0 Å². The van der Waals surface area contributed by atoms with Gasteiger partial charge in [-0.05, 0) is 109 Å². The van der Waals surface area contributed by atoms with Crippen molar-refractivity contribution in [3.05, 3.63) is 0 Å². The molecule has 0 aromatic rings. The van der Waals surface area contributed by atoms with Crippen molar-refractivity contribution in [1.29, 1.82) is 0 Å². The second-order valence-electron chi connectivity index (χ2n) is 18.2. The molecule has 4 bridgehead atoms. The van der Waals surface area contributed by atoms with Crippen LogP contribution >= 0.6 is 0 Å². The van der Waals surface area contributed by atoms with Gasteiger partial charge in [0.15, 0.2) is 23.8 Å². The van der Waals surface area contributed by atoms with Crippen LogP contribution in [0.3, 0.4) is 0 Å². The number of nitrogens with zero attached hydrogens (tertiary/aromatic N) is 1. The van der Waals surface area contributed by atoms with Gasteiger partial charge in [-0.25, -0.2) is 24.3 Å². The van der Waals surface area contributed by atoms with Gasteiger partial charge in [-0.15, -0.1) is 0 Å². The largest absolute Gasteiger partial charge is 0.345 e. The number of carbonyl (C=O) groups is 1. The highest BCUT2D eigenvalue weighted by molar-refractivity contribution is 5.90. The van der Waals surface area contributed by atoms with E-state index in [1.807, 2.05) is 34.6 Å². The molecule has 8 aliphatic heterocycles. The number of hydrogen-bond donors (Lipinski definition) is 0. The fourth-order valence-corrected chi connectivity index (χ4v) is 11.1. The summed E-state index contributed by atoms with van der Waals surface area (Å²) in [6, 6.07) is 0. The lowest BCUT2D eigenvalue weighted by Gasteiger charge is -2.61. The SMILES string of the molecule is C[C@H]1[C@@H](/C(C[C@H]2O[C@@H]3O[C@]4(C)CC[C@H]5[C@H](C)CC[C@@H]([C@H]2C)C35OO4)=N\OC(=O)C(C)(C)C)O[C@@H]2O[C@]3(C)CC[C@H]4[C@H](C)CC[C@@H]1C24OO3. The van der Waals surface area contributed by atoms with E-state index < -0.39 is 52.8 Å². The third-order valence-corrected chi connectivity index (χ3v) is 14.0. The maximum Gasteiger partial charge on any atom is 0.340 e. The molecule has 11 nitrogen and oxygen atoms in total. The van der Waals surface area contributed by atoms with Gasteiger partial charge in [-0.2, -0.15) is 0 Å². The van der Waals surface area contributed by atoms with Gasteiger partial charge in [-0.3, -0.25) is 0 Å². The van der Waals surface area contributed by atoms with Crippen LogP contribution in [0, 0.1) is 52.8 Å². The molecule has 10 rings (SSSR count). The molecule has 8 heterocycles. The predicted molar refractivity (Wildman–Crippen MR) is 171 cm³/mol. The molecule has 0 aromatic heterocycles. The number of rotatable bonds is 4. The molecule has 2 aliphatic carbocycles. The fourth-order valence-electron chi connectivity index (χ4n) is 11.1. The molecule has 2 unspecified atom stereocenters. The molecule has 16 atom stereocenters. The highest BCUT2D eigenvalue weighted by atomic mass is 17.3. The molecule has 270 valence electrons. The lowest BCUT2D eigenvalue weighted by atomic mass is 9.56. The van der Waals surface area contributed by atoms with Crippen molar-refractivity contribution in [2.45, 2.75) is 168 Å². The summed E-state index contributed by atoms with van der Waals surface area (Å²) in [5.41, 5.74) is -1.43. The van der Waals surface area contributed by atoms with Crippen molar-refractivity contribution >= 4 is 11.7 Å². The topological polar surface area (TPSA) is 113 Å². The van der Waals surface area contributed by atoms with Crippen LogP contribution in [-0.2, 0) is 48.1 Å². The zero-order valence-electron chi connectivity index (χ0n) is 30.3.